The first-order valence-electron chi connectivity index (χ1n) is 8.96. The van der Waals surface area contributed by atoms with Crippen molar-refractivity contribution in [1.29, 1.82) is 0 Å². The number of carbonyl (C=O) groups excluding carboxylic acids is 1. The highest BCUT2D eigenvalue weighted by atomic mass is 35.5. The molecule has 12 heteroatoms. The van der Waals surface area contributed by atoms with Gasteiger partial charge in [-0.05, 0) is 25.3 Å². The van der Waals surface area contributed by atoms with Crippen molar-refractivity contribution in [1.82, 2.24) is 25.3 Å². The normalized spacial score (nSPS) is 15.6. The molecule has 7 nitrogen and oxygen atoms in total. The van der Waals surface area contributed by atoms with Gasteiger partial charge in [0.25, 0.3) is 0 Å². The molecule has 0 atom stereocenters. The molecule has 3 heterocycles. The molecule has 158 valence electrons. The quantitative estimate of drug-likeness (QED) is 0.522. The number of halogens is 5. The van der Waals surface area contributed by atoms with E-state index in [4.69, 9.17) is 11.6 Å². The van der Waals surface area contributed by atoms with Crippen LogP contribution < -0.4 is 10.6 Å². The van der Waals surface area contributed by atoms with Crippen LogP contribution in [0.25, 0.3) is 22.4 Å². The molecule has 0 aliphatic heterocycles. The molecule has 1 aliphatic rings. The van der Waals surface area contributed by atoms with E-state index < -0.39 is 30.0 Å². The van der Waals surface area contributed by atoms with Gasteiger partial charge in [-0.1, -0.05) is 11.6 Å². The highest BCUT2D eigenvalue weighted by Crippen LogP contribution is 2.37. The SMILES string of the molecule is O=C(NCC(F)(F)F)C1(Nc2nc(-c3c[nH]c4ncc(Cl)cc34)ncc2F)CCC1. The number of nitrogens with zero attached hydrogens (tertiary/aromatic N) is 3. The fraction of sp³-hybridized carbons (Fsp3) is 0.333. The molecule has 3 aromatic rings. The number of nitrogens with one attached hydrogen (secondary N) is 3. The Hall–Kier alpha value is -2.95. The van der Waals surface area contributed by atoms with Crippen LogP contribution in [-0.2, 0) is 4.79 Å². The van der Waals surface area contributed by atoms with Crippen LogP contribution in [0, 0.1) is 5.82 Å². The van der Waals surface area contributed by atoms with E-state index in [9.17, 15) is 22.4 Å². The van der Waals surface area contributed by atoms with Crippen LogP contribution in [0.1, 0.15) is 19.3 Å². The Morgan fingerprint density at radius 2 is 2.03 bits per heavy atom. The van der Waals surface area contributed by atoms with Crippen molar-refractivity contribution in [3.8, 4) is 11.4 Å². The van der Waals surface area contributed by atoms with Gasteiger partial charge >= 0.3 is 6.18 Å². The number of hydrogen-bond donors (Lipinski definition) is 3. The maximum Gasteiger partial charge on any atom is 0.405 e. The van der Waals surface area contributed by atoms with Gasteiger partial charge in [0.05, 0.1) is 11.2 Å². The van der Waals surface area contributed by atoms with Crippen LogP contribution in [0.3, 0.4) is 0 Å². The van der Waals surface area contributed by atoms with Gasteiger partial charge < -0.3 is 15.6 Å². The average Bonchev–Trinajstić information content (AvgIpc) is 3.06. The molecule has 0 unspecified atom stereocenters. The van der Waals surface area contributed by atoms with Gasteiger partial charge in [0.1, 0.15) is 17.7 Å². The Labute approximate surface area is 172 Å². The lowest BCUT2D eigenvalue weighted by atomic mass is 9.76. The van der Waals surface area contributed by atoms with Gasteiger partial charge in [0, 0.05) is 23.3 Å². The fourth-order valence-electron chi connectivity index (χ4n) is 3.26. The standard InChI is InChI=1S/C18H15ClF4N6O/c19-9-4-10-11(6-25-13(10)24-5-9)14-26-7-12(20)15(28-14)29-17(2-1-3-17)16(30)27-8-18(21,22)23/h4-7H,1-3,8H2,(H,24,25)(H,27,30)(H,26,28,29). The second kappa shape index (κ2) is 7.38. The van der Waals surface area contributed by atoms with E-state index in [0.29, 0.717) is 28.0 Å². The summed E-state index contributed by atoms with van der Waals surface area (Å²) in [5.41, 5.74) is -0.325. The number of hydrogen-bond acceptors (Lipinski definition) is 5. The summed E-state index contributed by atoms with van der Waals surface area (Å²) in [7, 11) is 0. The van der Waals surface area contributed by atoms with Crippen LogP contribution in [0.5, 0.6) is 0 Å². The predicted octanol–water partition coefficient (Wildman–Crippen LogP) is 3.83. The van der Waals surface area contributed by atoms with Crippen molar-refractivity contribution in [2.24, 2.45) is 0 Å². The third-order valence-corrected chi connectivity index (χ3v) is 5.14. The Morgan fingerprint density at radius 1 is 1.27 bits per heavy atom. The zero-order valence-electron chi connectivity index (χ0n) is 15.3. The molecule has 1 saturated carbocycles. The number of amides is 1. The number of carbonyl (C=O) groups is 1. The second-order valence-electron chi connectivity index (χ2n) is 7.00. The second-order valence-corrected chi connectivity index (χ2v) is 7.44. The summed E-state index contributed by atoms with van der Waals surface area (Å²) in [5, 5.41) is 5.56. The predicted molar refractivity (Wildman–Crippen MR) is 101 cm³/mol. The number of anilines is 1. The monoisotopic (exact) mass is 442 g/mol. The van der Waals surface area contributed by atoms with Crippen molar-refractivity contribution >= 4 is 34.4 Å². The number of rotatable bonds is 5. The third-order valence-electron chi connectivity index (χ3n) is 4.93. The molecule has 0 aromatic carbocycles. The number of aromatic amines is 1. The lowest BCUT2D eigenvalue weighted by Gasteiger charge is -2.41. The average molecular weight is 443 g/mol. The van der Waals surface area contributed by atoms with E-state index in [1.807, 2.05) is 5.32 Å². The summed E-state index contributed by atoms with van der Waals surface area (Å²) in [5.74, 6) is -1.82. The summed E-state index contributed by atoms with van der Waals surface area (Å²) < 4.78 is 51.7. The van der Waals surface area contributed by atoms with E-state index in [0.717, 1.165) is 6.20 Å². The lowest BCUT2D eigenvalue weighted by Crippen LogP contribution is -2.58. The van der Waals surface area contributed by atoms with Crippen molar-refractivity contribution in [2.75, 3.05) is 11.9 Å². The first-order chi connectivity index (χ1) is 14.2. The van der Waals surface area contributed by atoms with Crippen LogP contribution in [0.15, 0.2) is 24.7 Å². The minimum atomic E-state index is -4.54. The largest absolute Gasteiger partial charge is 0.405 e. The van der Waals surface area contributed by atoms with Gasteiger partial charge in [-0.2, -0.15) is 13.2 Å². The molecule has 3 aromatic heterocycles. The topological polar surface area (TPSA) is 95.6 Å². The molecule has 1 amide bonds. The van der Waals surface area contributed by atoms with E-state index >= 15 is 0 Å². The molecule has 3 N–H and O–H groups in total. The molecule has 4 rings (SSSR count). The minimum Gasteiger partial charge on any atom is -0.353 e. The number of fused-ring (bicyclic) bond motifs is 1. The molecular weight excluding hydrogens is 428 g/mol. The first-order valence-corrected chi connectivity index (χ1v) is 9.33. The van der Waals surface area contributed by atoms with E-state index in [1.54, 1.807) is 12.3 Å². The number of aromatic nitrogens is 4. The zero-order valence-corrected chi connectivity index (χ0v) is 16.0. The van der Waals surface area contributed by atoms with E-state index in [2.05, 4.69) is 25.3 Å². The minimum absolute atomic E-state index is 0.138. The molecule has 0 saturated heterocycles. The lowest BCUT2D eigenvalue weighted by molar-refractivity contribution is -0.142. The Morgan fingerprint density at radius 3 is 2.70 bits per heavy atom. The molecule has 1 fully saturated rings. The van der Waals surface area contributed by atoms with E-state index in [1.165, 1.54) is 6.20 Å². The number of pyridine rings is 1. The highest BCUT2D eigenvalue weighted by Gasteiger charge is 2.46. The summed E-state index contributed by atoms with van der Waals surface area (Å²) in [6.45, 7) is -1.46. The molecule has 0 bridgehead atoms. The van der Waals surface area contributed by atoms with Crippen molar-refractivity contribution in [2.45, 2.75) is 31.0 Å². The first kappa shape index (κ1) is 20.3. The molecule has 0 radical (unpaired) electrons. The molecule has 1 aliphatic carbocycles. The molecular formula is C18H15ClF4N6O. The zero-order chi connectivity index (χ0) is 21.5. The Kier molecular flexibility index (Phi) is 5.00. The maximum absolute atomic E-state index is 14.4. The summed E-state index contributed by atoms with van der Waals surface area (Å²) in [6, 6.07) is 1.65. The summed E-state index contributed by atoms with van der Waals surface area (Å²) in [4.78, 5) is 27.6. The molecule has 0 spiro atoms. The fourth-order valence-corrected chi connectivity index (χ4v) is 3.42. The van der Waals surface area contributed by atoms with Crippen LogP contribution >= 0.6 is 11.6 Å². The van der Waals surface area contributed by atoms with Crippen LogP contribution in [0.4, 0.5) is 23.4 Å². The summed E-state index contributed by atoms with van der Waals surface area (Å²) in [6.07, 6.45) is 0.547. The van der Waals surface area contributed by atoms with Gasteiger partial charge in [-0.3, -0.25) is 4.79 Å². The molecule has 30 heavy (non-hydrogen) atoms. The number of H-pyrrole nitrogens is 1. The van der Waals surface area contributed by atoms with Crippen LogP contribution in [-0.4, -0.2) is 44.1 Å². The van der Waals surface area contributed by atoms with Crippen LogP contribution in [0.2, 0.25) is 5.02 Å². The van der Waals surface area contributed by atoms with Gasteiger partial charge in [0.15, 0.2) is 17.5 Å². The maximum atomic E-state index is 14.4. The van der Waals surface area contributed by atoms with Gasteiger partial charge in [-0.25, -0.2) is 19.3 Å². The highest BCUT2D eigenvalue weighted by molar-refractivity contribution is 6.31. The van der Waals surface area contributed by atoms with Crippen molar-refractivity contribution < 1.29 is 22.4 Å². The summed E-state index contributed by atoms with van der Waals surface area (Å²) >= 11 is 5.99. The van der Waals surface area contributed by atoms with Gasteiger partial charge in [0.2, 0.25) is 5.91 Å². The van der Waals surface area contributed by atoms with Gasteiger partial charge in [-0.15, -0.1) is 0 Å². The van der Waals surface area contributed by atoms with Crippen molar-refractivity contribution in [3.63, 3.8) is 0 Å². The van der Waals surface area contributed by atoms with E-state index in [-0.39, 0.29) is 24.5 Å². The third kappa shape index (κ3) is 3.89. The Balaban J connectivity index is 1.63. The Bertz CT molecular complexity index is 1110. The number of alkyl halides is 3. The smallest absolute Gasteiger partial charge is 0.353 e. The van der Waals surface area contributed by atoms with Crippen molar-refractivity contribution in [3.05, 3.63) is 35.5 Å².